The van der Waals surface area contributed by atoms with Crippen LogP contribution in [0.5, 0.6) is 0 Å². The van der Waals surface area contributed by atoms with Crippen LogP contribution in [0, 0.1) is 5.82 Å². The maximum absolute atomic E-state index is 12.9. The van der Waals surface area contributed by atoms with Crippen molar-refractivity contribution >= 4 is 39.2 Å². The number of nitrogens with zero attached hydrogens (tertiary/aromatic N) is 1. The molecule has 0 aromatic heterocycles. The van der Waals surface area contributed by atoms with Crippen molar-refractivity contribution in [3.05, 3.63) is 65.5 Å². The molecule has 30 heavy (non-hydrogen) atoms. The summed E-state index contributed by atoms with van der Waals surface area (Å²) < 4.78 is 38.2. The Bertz CT molecular complexity index is 979. The molecule has 2 aromatic carbocycles. The van der Waals surface area contributed by atoms with Gasteiger partial charge in [0.2, 0.25) is 15.9 Å². The fourth-order valence-electron chi connectivity index (χ4n) is 2.64. The summed E-state index contributed by atoms with van der Waals surface area (Å²) in [7, 11) is -3.70. The summed E-state index contributed by atoms with van der Waals surface area (Å²) in [6, 6.07) is 12.5. The van der Waals surface area contributed by atoms with Gasteiger partial charge in [-0.1, -0.05) is 24.3 Å². The van der Waals surface area contributed by atoms with E-state index in [-0.39, 0.29) is 23.8 Å². The number of ketones is 1. The molecule has 0 atom stereocenters. The van der Waals surface area contributed by atoms with E-state index in [1.54, 1.807) is 42.1 Å². The van der Waals surface area contributed by atoms with Crippen LogP contribution in [0.2, 0.25) is 0 Å². The van der Waals surface area contributed by atoms with Crippen LogP contribution in [-0.2, 0) is 20.6 Å². The van der Waals surface area contributed by atoms with Crippen LogP contribution in [0.1, 0.15) is 29.3 Å². The van der Waals surface area contributed by atoms with E-state index in [9.17, 15) is 22.4 Å². The number of carbonyl (C=O) groups excluding carboxylic acids is 2. The van der Waals surface area contributed by atoms with Crippen LogP contribution < -0.4 is 9.62 Å². The Kier molecular flexibility index (Phi) is 8.86. The van der Waals surface area contributed by atoms with Crippen LogP contribution >= 0.6 is 11.8 Å². The number of rotatable bonds is 11. The smallest absolute Gasteiger partial charge is 0.240 e. The molecule has 162 valence electrons. The van der Waals surface area contributed by atoms with Gasteiger partial charge in [-0.2, -0.15) is 11.8 Å². The van der Waals surface area contributed by atoms with E-state index in [1.807, 2.05) is 0 Å². The second-order valence-corrected chi connectivity index (χ2v) is 9.77. The second-order valence-electron chi connectivity index (χ2n) is 6.76. The number of benzene rings is 2. The molecule has 9 heteroatoms. The maximum atomic E-state index is 12.9. The predicted octanol–water partition coefficient (Wildman–Crippen LogP) is 3.23. The van der Waals surface area contributed by atoms with Crippen molar-refractivity contribution in [3.8, 4) is 0 Å². The number of nitrogens with one attached hydrogen (secondary N) is 1. The lowest BCUT2D eigenvalue weighted by Crippen LogP contribution is -2.40. The lowest BCUT2D eigenvalue weighted by molar-refractivity contribution is -0.119. The summed E-state index contributed by atoms with van der Waals surface area (Å²) in [5.41, 5.74) is 1.68. The van der Waals surface area contributed by atoms with Crippen LogP contribution in [0.25, 0.3) is 0 Å². The fourth-order valence-corrected chi connectivity index (χ4v) is 4.41. The van der Waals surface area contributed by atoms with Crippen molar-refractivity contribution < 1.29 is 22.4 Å². The topological polar surface area (TPSA) is 83.6 Å². The molecule has 0 saturated heterocycles. The number of Topliss-reactive ketones (excluding diaryl/α,β-unsaturated/α-hetero) is 1. The highest BCUT2D eigenvalue weighted by atomic mass is 32.2. The summed E-state index contributed by atoms with van der Waals surface area (Å²) in [6.07, 6.45) is 1.74. The van der Waals surface area contributed by atoms with E-state index in [0.717, 1.165) is 34.1 Å². The molecule has 0 spiro atoms. The largest absolute Gasteiger partial charge is 0.354 e. The third-order valence-electron chi connectivity index (χ3n) is 4.20. The van der Waals surface area contributed by atoms with Crippen molar-refractivity contribution in [2.24, 2.45) is 0 Å². The van der Waals surface area contributed by atoms with Gasteiger partial charge in [0.25, 0.3) is 0 Å². The first kappa shape index (κ1) is 23.9. The average Bonchev–Trinajstić information content (AvgIpc) is 2.69. The van der Waals surface area contributed by atoms with Crippen LogP contribution in [0.15, 0.2) is 48.5 Å². The minimum Gasteiger partial charge on any atom is -0.354 e. The van der Waals surface area contributed by atoms with Gasteiger partial charge in [0.1, 0.15) is 12.4 Å². The number of halogens is 1. The zero-order valence-electron chi connectivity index (χ0n) is 16.9. The average molecular weight is 453 g/mol. The van der Waals surface area contributed by atoms with E-state index >= 15 is 0 Å². The molecule has 0 radical (unpaired) electrons. The highest BCUT2D eigenvalue weighted by Gasteiger charge is 2.21. The number of sulfonamides is 1. The summed E-state index contributed by atoms with van der Waals surface area (Å²) in [6.45, 7) is 1.45. The quantitative estimate of drug-likeness (QED) is 0.418. The summed E-state index contributed by atoms with van der Waals surface area (Å²) in [5.74, 6) is 0.684. The first-order chi connectivity index (χ1) is 14.2. The number of hydrogen-bond donors (Lipinski definition) is 1. The van der Waals surface area contributed by atoms with E-state index in [4.69, 9.17) is 0 Å². The molecular weight excluding hydrogens is 427 g/mol. The maximum Gasteiger partial charge on any atom is 0.240 e. The minimum atomic E-state index is -3.70. The van der Waals surface area contributed by atoms with Gasteiger partial charge in [0.15, 0.2) is 5.78 Å². The van der Waals surface area contributed by atoms with Crippen LogP contribution in [0.3, 0.4) is 0 Å². The molecule has 0 fully saturated rings. The Morgan fingerprint density at radius 3 is 2.47 bits per heavy atom. The van der Waals surface area contributed by atoms with Crippen molar-refractivity contribution in [2.75, 3.05) is 29.4 Å². The van der Waals surface area contributed by atoms with E-state index in [0.29, 0.717) is 12.1 Å². The van der Waals surface area contributed by atoms with Crippen LogP contribution in [0.4, 0.5) is 10.1 Å². The number of amides is 1. The highest BCUT2D eigenvalue weighted by Crippen LogP contribution is 2.19. The molecule has 0 aliphatic heterocycles. The molecule has 1 amide bonds. The Hall–Kier alpha value is -2.39. The zero-order chi connectivity index (χ0) is 22.1. The van der Waals surface area contributed by atoms with Gasteiger partial charge in [-0.15, -0.1) is 0 Å². The highest BCUT2D eigenvalue weighted by molar-refractivity contribution is 7.98. The monoisotopic (exact) mass is 452 g/mol. The van der Waals surface area contributed by atoms with Gasteiger partial charge in [-0.05, 0) is 48.9 Å². The molecule has 0 aliphatic rings. The fraction of sp³-hybridized carbons (Fsp3) is 0.333. The summed E-state index contributed by atoms with van der Waals surface area (Å²) in [4.78, 5) is 23.8. The SMILES string of the molecule is CC(=O)c1cccc(N(CC(=O)NCCCSCc2ccc(F)cc2)S(C)(=O)=O)c1. The minimum absolute atomic E-state index is 0.187. The number of hydrogen-bond acceptors (Lipinski definition) is 5. The van der Waals surface area contributed by atoms with Gasteiger partial charge < -0.3 is 5.32 Å². The first-order valence-corrected chi connectivity index (χ1v) is 12.3. The molecule has 2 aromatic rings. The zero-order valence-corrected chi connectivity index (χ0v) is 18.6. The molecule has 0 bridgehead atoms. The lowest BCUT2D eigenvalue weighted by atomic mass is 10.1. The molecule has 0 aliphatic carbocycles. The Morgan fingerprint density at radius 2 is 1.83 bits per heavy atom. The molecule has 2 rings (SSSR count). The van der Waals surface area contributed by atoms with Crippen molar-refractivity contribution in [1.82, 2.24) is 5.32 Å². The molecule has 0 heterocycles. The number of anilines is 1. The van der Waals surface area contributed by atoms with Crippen LogP contribution in [-0.4, -0.2) is 45.2 Å². The third kappa shape index (κ3) is 7.79. The lowest BCUT2D eigenvalue weighted by Gasteiger charge is -2.22. The number of thioether (sulfide) groups is 1. The van der Waals surface area contributed by atoms with Gasteiger partial charge >= 0.3 is 0 Å². The molecule has 6 nitrogen and oxygen atoms in total. The standard InChI is InChI=1S/C21H25FN2O4S2/c1-16(25)18-5-3-6-20(13-18)24(30(2,27)28)14-21(26)23-11-4-12-29-15-17-7-9-19(22)10-8-17/h3,5-10,13H,4,11-12,14-15H2,1-2H3,(H,23,26). The Balaban J connectivity index is 1.81. The summed E-state index contributed by atoms with van der Waals surface area (Å²) in [5, 5.41) is 2.72. The predicted molar refractivity (Wildman–Crippen MR) is 119 cm³/mol. The molecule has 1 N–H and O–H groups in total. The molecule has 0 saturated carbocycles. The summed E-state index contributed by atoms with van der Waals surface area (Å²) >= 11 is 1.67. The normalized spacial score (nSPS) is 11.2. The first-order valence-electron chi connectivity index (χ1n) is 9.34. The van der Waals surface area contributed by atoms with Crippen molar-refractivity contribution in [1.29, 1.82) is 0 Å². The van der Waals surface area contributed by atoms with Gasteiger partial charge in [-0.25, -0.2) is 12.8 Å². The van der Waals surface area contributed by atoms with E-state index < -0.39 is 15.9 Å². The van der Waals surface area contributed by atoms with E-state index in [2.05, 4.69) is 5.32 Å². The van der Waals surface area contributed by atoms with Gasteiger partial charge in [0, 0.05) is 17.9 Å². The molecule has 0 unspecified atom stereocenters. The van der Waals surface area contributed by atoms with E-state index in [1.165, 1.54) is 25.1 Å². The Labute approximate surface area is 180 Å². The Morgan fingerprint density at radius 1 is 1.13 bits per heavy atom. The van der Waals surface area contributed by atoms with Crippen molar-refractivity contribution in [3.63, 3.8) is 0 Å². The van der Waals surface area contributed by atoms with Gasteiger partial charge in [0.05, 0.1) is 11.9 Å². The molecular formula is C21H25FN2O4S2. The second kappa shape index (κ2) is 11.1. The third-order valence-corrected chi connectivity index (χ3v) is 6.45. The van der Waals surface area contributed by atoms with Gasteiger partial charge in [-0.3, -0.25) is 13.9 Å². The number of carbonyl (C=O) groups is 2. The van der Waals surface area contributed by atoms with Crippen molar-refractivity contribution in [2.45, 2.75) is 19.1 Å².